The number of carbonyl (C=O) groups is 3. The van der Waals surface area contributed by atoms with Crippen LogP contribution in [0, 0.1) is 0 Å². The average molecular weight is 262 g/mol. The zero-order valence-electron chi connectivity index (χ0n) is 10.5. The van der Waals surface area contributed by atoms with Crippen molar-refractivity contribution in [3.63, 3.8) is 0 Å². The first-order chi connectivity index (χ1) is 9.09. The second-order valence-electron chi connectivity index (χ2n) is 4.12. The predicted octanol–water partition coefficient (Wildman–Crippen LogP) is 0.820. The Balaban J connectivity index is 2.01. The average Bonchev–Trinajstić information content (AvgIpc) is 2.82. The van der Waals surface area contributed by atoms with Crippen LogP contribution in [0.2, 0.25) is 0 Å². The van der Waals surface area contributed by atoms with Crippen LogP contribution >= 0.6 is 0 Å². The number of urea groups is 1. The van der Waals surface area contributed by atoms with Gasteiger partial charge in [-0.15, -0.1) is 0 Å². The number of imide groups is 1. The van der Waals surface area contributed by atoms with Gasteiger partial charge in [0, 0.05) is 13.1 Å². The molecule has 0 saturated carbocycles. The molecule has 1 aromatic carbocycles. The van der Waals surface area contributed by atoms with Gasteiger partial charge in [-0.1, -0.05) is 12.1 Å². The lowest BCUT2D eigenvalue weighted by molar-refractivity contribution is -0.129. The summed E-state index contributed by atoms with van der Waals surface area (Å²) in [5.74, 6) is -0.210. The maximum Gasteiger partial charge on any atom is 0.324 e. The summed E-state index contributed by atoms with van der Waals surface area (Å²) < 4.78 is 5.33. The highest BCUT2D eigenvalue weighted by molar-refractivity contribution is 5.98. The maximum absolute atomic E-state index is 11.8. The second-order valence-corrected chi connectivity index (χ2v) is 4.12. The summed E-state index contributed by atoms with van der Waals surface area (Å²) in [6, 6.07) is 6.28. The molecule has 6 heteroatoms. The van der Waals surface area contributed by atoms with E-state index in [0.717, 1.165) is 4.90 Å². The van der Waals surface area contributed by atoms with Gasteiger partial charge in [0.15, 0.2) is 12.4 Å². The number of amides is 3. The summed E-state index contributed by atoms with van der Waals surface area (Å²) in [4.78, 5) is 35.5. The number of ketones is 1. The van der Waals surface area contributed by atoms with Crippen LogP contribution in [-0.2, 0) is 4.79 Å². The molecule has 0 bridgehead atoms. The standard InChI is InChI=1S/C13H14N2O4/c1-9(16)10-4-2-3-5-11(10)19-8-12(17)15-7-6-14-13(15)18/h2-5H,6-8H2,1H3,(H,14,18). The van der Waals surface area contributed by atoms with E-state index in [1.807, 2.05) is 0 Å². The van der Waals surface area contributed by atoms with Crippen LogP contribution in [-0.4, -0.2) is 42.3 Å². The minimum absolute atomic E-state index is 0.137. The Morgan fingerprint density at radius 3 is 2.74 bits per heavy atom. The Morgan fingerprint density at radius 2 is 2.11 bits per heavy atom. The maximum atomic E-state index is 11.8. The molecule has 1 aliphatic rings. The predicted molar refractivity (Wildman–Crippen MR) is 67.1 cm³/mol. The molecule has 1 fully saturated rings. The summed E-state index contributed by atoms with van der Waals surface area (Å²) in [6.07, 6.45) is 0. The van der Waals surface area contributed by atoms with E-state index < -0.39 is 11.9 Å². The number of nitrogens with zero attached hydrogens (tertiary/aromatic N) is 1. The number of carbonyl (C=O) groups excluding carboxylic acids is 3. The van der Waals surface area contributed by atoms with E-state index in [1.54, 1.807) is 24.3 Å². The monoisotopic (exact) mass is 262 g/mol. The Morgan fingerprint density at radius 1 is 1.37 bits per heavy atom. The van der Waals surface area contributed by atoms with Crippen molar-refractivity contribution in [1.82, 2.24) is 10.2 Å². The van der Waals surface area contributed by atoms with Crippen LogP contribution in [0.4, 0.5) is 4.79 Å². The molecule has 100 valence electrons. The molecule has 1 aliphatic heterocycles. The molecule has 0 atom stereocenters. The summed E-state index contributed by atoms with van der Waals surface area (Å²) in [5, 5.41) is 2.53. The zero-order chi connectivity index (χ0) is 13.8. The van der Waals surface area contributed by atoms with Gasteiger partial charge in [-0.2, -0.15) is 0 Å². The highest BCUT2D eigenvalue weighted by atomic mass is 16.5. The first-order valence-corrected chi connectivity index (χ1v) is 5.90. The van der Waals surface area contributed by atoms with Gasteiger partial charge in [-0.3, -0.25) is 14.5 Å². The molecule has 6 nitrogen and oxygen atoms in total. The van der Waals surface area contributed by atoms with Crippen LogP contribution in [0.1, 0.15) is 17.3 Å². The van der Waals surface area contributed by atoms with Crippen molar-refractivity contribution in [3.8, 4) is 5.75 Å². The SMILES string of the molecule is CC(=O)c1ccccc1OCC(=O)N1CCNC1=O. The van der Waals surface area contributed by atoms with E-state index in [9.17, 15) is 14.4 Å². The number of hydrogen-bond donors (Lipinski definition) is 1. The topological polar surface area (TPSA) is 75.7 Å². The van der Waals surface area contributed by atoms with Crippen molar-refractivity contribution in [2.75, 3.05) is 19.7 Å². The Labute approximate surface area is 110 Å². The smallest absolute Gasteiger partial charge is 0.324 e. The van der Waals surface area contributed by atoms with Gasteiger partial charge in [0.05, 0.1) is 5.56 Å². The fourth-order valence-corrected chi connectivity index (χ4v) is 1.81. The molecular weight excluding hydrogens is 248 g/mol. The Kier molecular flexibility index (Phi) is 3.79. The largest absolute Gasteiger partial charge is 0.483 e. The van der Waals surface area contributed by atoms with Gasteiger partial charge in [-0.05, 0) is 19.1 Å². The van der Waals surface area contributed by atoms with Crippen LogP contribution in [0.15, 0.2) is 24.3 Å². The van der Waals surface area contributed by atoms with Crippen LogP contribution < -0.4 is 10.1 Å². The normalized spacial score (nSPS) is 14.2. The summed E-state index contributed by atoms with van der Waals surface area (Å²) in [5.41, 5.74) is 0.418. The van der Waals surface area contributed by atoms with Crippen molar-refractivity contribution in [2.45, 2.75) is 6.92 Å². The molecule has 1 saturated heterocycles. The Hall–Kier alpha value is -2.37. The van der Waals surface area contributed by atoms with Crippen molar-refractivity contribution in [1.29, 1.82) is 0 Å². The molecule has 19 heavy (non-hydrogen) atoms. The molecule has 3 amide bonds. The zero-order valence-corrected chi connectivity index (χ0v) is 10.5. The Bertz CT molecular complexity index is 527. The quantitative estimate of drug-likeness (QED) is 0.815. The van der Waals surface area contributed by atoms with Crippen LogP contribution in [0.3, 0.4) is 0 Å². The lowest BCUT2D eigenvalue weighted by Gasteiger charge is -2.14. The van der Waals surface area contributed by atoms with Crippen LogP contribution in [0.5, 0.6) is 5.75 Å². The van der Waals surface area contributed by atoms with Crippen molar-refractivity contribution in [2.24, 2.45) is 0 Å². The van der Waals surface area contributed by atoms with E-state index >= 15 is 0 Å². The first-order valence-electron chi connectivity index (χ1n) is 5.90. The minimum atomic E-state index is -0.423. The second kappa shape index (κ2) is 5.51. The molecular formula is C13H14N2O4. The minimum Gasteiger partial charge on any atom is -0.483 e. The molecule has 1 N–H and O–H groups in total. The van der Waals surface area contributed by atoms with Gasteiger partial charge in [0.25, 0.3) is 5.91 Å². The highest BCUT2D eigenvalue weighted by Crippen LogP contribution is 2.18. The number of rotatable bonds is 4. The van der Waals surface area contributed by atoms with Crippen LogP contribution in [0.25, 0.3) is 0 Å². The van der Waals surface area contributed by atoms with Gasteiger partial charge in [-0.25, -0.2) is 4.79 Å². The van der Waals surface area contributed by atoms with E-state index in [-0.39, 0.29) is 12.4 Å². The molecule has 1 aromatic rings. The van der Waals surface area contributed by atoms with Crippen molar-refractivity contribution in [3.05, 3.63) is 29.8 Å². The van der Waals surface area contributed by atoms with Crippen molar-refractivity contribution >= 4 is 17.7 Å². The summed E-state index contributed by atoms with van der Waals surface area (Å²) in [7, 11) is 0. The molecule has 0 aromatic heterocycles. The summed E-state index contributed by atoms with van der Waals surface area (Å²) >= 11 is 0. The first kappa shape index (κ1) is 13.1. The number of hydrogen-bond acceptors (Lipinski definition) is 4. The third-order valence-electron chi connectivity index (χ3n) is 2.78. The third-order valence-corrected chi connectivity index (χ3v) is 2.78. The van der Waals surface area contributed by atoms with E-state index in [1.165, 1.54) is 6.92 Å². The van der Waals surface area contributed by atoms with E-state index in [4.69, 9.17) is 4.74 Å². The number of para-hydroxylation sites is 1. The van der Waals surface area contributed by atoms with Gasteiger partial charge < -0.3 is 10.1 Å². The van der Waals surface area contributed by atoms with Gasteiger partial charge in [0.2, 0.25) is 0 Å². The number of nitrogens with one attached hydrogen (secondary N) is 1. The lowest BCUT2D eigenvalue weighted by Crippen LogP contribution is -2.37. The fraction of sp³-hybridized carbons (Fsp3) is 0.308. The third kappa shape index (κ3) is 2.90. The highest BCUT2D eigenvalue weighted by Gasteiger charge is 2.26. The van der Waals surface area contributed by atoms with Gasteiger partial charge >= 0.3 is 6.03 Å². The lowest BCUT2D eigenvalue weighted by atomic mass is 10.1. The van der Waals surface area contributed by atoms with E-state index in [0.29, 0.717) is 24.4 Å². The number of benzene rings is 1. The van der Waals surface area contributed by atoms with Crippen molar-refractivity contribution < 1.29 is 19.1 Å². The molecule has 2 rings (SSSR count). The molecule has 0 spiro atoms. The molecule has 0 aliphatic carbocycles. The fourth-order valence-electron chi connectivity index (χ4n) is 1.81. The molecule has 0 unspecified atom stereocenters. The number of ether oxygens (including phenoxy) is 1. The molecule has 0 radical (unpaired) electrons. The molecule has 1 heterocycles. The summed E-state index contributed by atoms with van der Waals surface area (Å²) in [6.45, 7) is 1.96. The van der Waals surface area contributed by atoms with Gasteiger partial charge in [0.1, 0.15) is 5.75 Å². The number of Topliss-reactive ketones (excluding diaryl/α,β-unsaturated/α-hetero) is 1. The van der Waals surface area contributed by atoms with E-state index in [2.05, 4.69) is 5.32 Å².